The second-order valence-electron chi connectivity index (χ2n) is 0.875. The van der Waals surface area contributed by atoms with E-state index in [0.717, 1.165) is 0 Å². The van der Waals surface area contributed by atoms with Crippen LogP contribution >= 0.6 is 10.6 Å². The fourth-order valence-electron chi connectivity index (χ4n) is 0. The van der Waals surface area contributed by atoms with E-state index in [1.54, 1.807) is 0 Å². The number of rotatable bonds is 0. The summed E-state index contributed by atoms with van der Waals surface area (Å²) in [4.78, 5) is 0. The Bertz CT molecular complexity index is 67.1. The van der Waals surface area contributed by atoms with E-state index < -0.39 is 10.6 Å². The summed E-state index contributed by atoms with van der Waals surface area (Å²) in [6.07, 6.45) is 0. The third-order valence-corrected chi connectivity index (χ3v) is 0. The van der Waals surface area contributed by atoms with Gasteiger partial charge in [-0.2, -0.15) is 0 Å². The van der Waals surface area contributed by atoms with Crippen LogP contribution in [0.25, 0.3) is 0 Å². The van der Waals surface area contributed by atoms with Crippen LogP contribution in [-0.2, 0) is 0 Å². The van der Waals surface area contributed by atoms with Gasteiger partial charge in [-0.3, -0.25) is 0 Å². The first-order valence-corrected chi connectivity index (χ1v) is 2.78. The quantitative estimate of drug-likeness (QED) is 0.431. The fraction of sp³-hybridized carbons (Fsp3) is 0. The van der Waals surface area contributed by atoms with Crippen molar-refractivity contribution >= 4 is 30.4 Å². The molecule has 0 heterocycles. The van der Waals surface area contributed by atoms with Gasteiger partial charge in [0.05, 0.1) is 0 Å². The first kappa shape index (κ1) is 11.4. The van der Waals surface area contributed by atoms with Crippen molar-refractivity contribution < 1.29 is 23.3 Å². The van der Waals surface area contributed by atoms with Crippen molar-refractivity contribution in [3.8, 4) is 0 Å². The molecular weight excluding hydrogens is 216 g/mol. The van der Waals surface area contributed by atoms with E-state index in [2.05, 4.69) is 0 Å². The van der Waals surface area contributed by atoms with Crippen LogP contribution in [0.15, 0.2) is 0 Å². The molecule has 0 rings (SSSR count). The van der Waals surface area contributed by atoms with Crippen molar-refractivity contribution in [1.82, 2.24) is 0 Å². The standard InChI is InChI=1S/F6S.Ga.3H/c1-7(2,3,4,5)6;;;;. The van der Waals surface area contributed by atoms with Crippen LogP contribution in [0.1, 0.15) is 0 Å². The van der Waals surface area contributed by atoms with E-state index in [0.29, 0.717) is 0 Å². The molecule has 0 aliphatic heterocycles. The average molecular weight is 219 g/mol. The normalized spacial score (nSPS) is 20.2. The van der Waals surface area contributed by atoms with Crippen LogP contribution in [0.2, 0.25) is 0 Å². The topological polar surface area (TPSA) is 0 Å². The summed E-state index contributed by atoms with van der Waals surface area (Å²) in [5.74, 6) is 0. The summed E-state index contributed by atoms with van der Waals surface area (Å²) >= 11 is 0. The molecule has 0 nitrogen and oxygen atoms in total. The molecule has 8 heavy (non-hydrogen) atoms. The Morgan fingerprint density at radius 2 is 0.625 bits per heavy atom. The van der Waals surface area contributed by atoms with Crippen molar-refractivity contribution in [2.45, 2.75) is 0 Å². The molecule has 0 saturated carbocycles. The first-order valence-electron chi connectivity index (χ1n) is 0.926. The van der Waals surface area contributed by atoms with Crippen molar-refractivity contribution in [3.63, 3.8) is 0 Å². The molecule has 0 amide bonds. The molecular formula is H3F6GaS. The number of hydrogen-bond donors (Lipinski definition) is 0. The molecule has 0 unspecified atom stereocenters. The van der Waals surface area contributed by atoms with Crippen LogP contribution < -0.4 is 0 Å². The predicted molar refractivity (Wildman–Crippen MR) is 24.2 cm³/mol. The SMILES string of the molecule is FS(F)(F)(F)(F)F.[GaH3]. The van der Waals surface area contributed by atoms with E-state index in [9.17, 15) is 23.3 Å². The van der Waals surface area contributed by atoms with Gasteiger partial charge in [0.1, 0.15) is 0 Å². The van der Waals surface area contributed by atoms with Gasteiger partial charge in [0.2, 0.25) is 0 Å². The van der Waals surface area contributed by atoms with Gasteiger partial charge in [-0.15, -0.1) is 0 Å². The molecule has 0 aromatic rings. The number of hydrogen-bond acceptors (Lipinski definition) is 0. The maximum atomic E-state index is 9.85. The molecule has 0 N–H and O–H groups in total. The van der Waals surface area contributed by atoms with Gasteiger partial charge in [-0.25, -0.2) is 0 Å². The van der Waals surface area contributed by atoms with E-state index in [4.69, 9.17) is 0 Å². The summed E-state index contributed by atoms with van der Waals surface area (Å²) in [6, 6.07) is 0. The Morgan fingerprint density at radius 1 is 0.625 bits per heavy atom. The Kier molecular flexibility index (Phi) is 1.91. The third-order valence-electron chi connectivity index (χ3n) is 0. The molecule has 0 fully saturated rings. The van der Waals surface area contributed by atoms with Crippen LogP contribution in [0.5, 0.6) is 0 Å². The van der Waals surface area contributed by atoms with Gasteiger partial charge in [-0.1, -0.05) is 23.3 Å². The van der Waals surface area contributed by atoms with E-state index in [1.165, 1.54) is 0 Å². The molecule has 0 spiro atoms. The summed E-state index contributed by atoms with van der Waals surface area (Å²) in [5, 5.41) is 0. The maximum absolute atomic E-state index is 10.5. The summed E-state index contributed by atoms with van der Waals surface area (Å²) in [7, 11) is -10.5. The van der Waals surface area contributed by atoms with Crippen LogP contribution in [0.3, 0.4) is 0 Å². The summed E-state index contributed by atoms with van der Waals surface area (Å²) in [6.45, 7) is 0. The molecule has 0 atom stereocenters. The molecule has 0 aromatic carbocycles. The predicted octanol–water partition coefficient (Wildman–Crippen LogP) is 1.99. The molecule has 0 aliphatic carbocycles. The molecule has 0 aromatic heterocycles. The van der Waals surface area contributed by atoms with Crippen LogP contribution in [0, 0.1) is 0 Å². The van der Waals surface area contributed by atoms with Crippen LogP contribution in [0.4, 0.5) is 23.3 Å². The molecule has 54 valence electrons. The van der Waals surface area contributed by atoms with E-state index >= 15 is 0 Å². The van der Waals surface area contributed by atoms with E-state index in [1.807, 2.05) is 0 Å². The summed E-state index contributed by atoms with van der Waals surface area (Å²) in [5.41, 5.74) is 0. The Balaban J connectivity index is 0. The molecule has 0 aliphatic rings. The number of halogens is 6. The summed E-state index contributed by atoms with van der Waals surface area (Å²) < 4.78 is 59.1. The Hall–Kier alpha value is 0.566. The van der Waals surface area contributed by atoms with Gasteiger partial charge in [0.25, 0.3) is 0 Å². The van der Waals surface area contributed by atoms with Crippen molar-refractivity contribution in [2.75, 3.05) is 0 Å². The molecule has 0 bridgehead atoms. The second kappa shape index (κ2) is 1.35. The van der Waals surface area contributed by atoms with Gasteiger partial charge >= 0.3 is 30.4 Å². The Morgan fingerprint density at radius 3 is 0.625 bits per heavy atom. The zero-order valence-electron chi connectivity index (χ0n) is 2.68. The van der Waals surface area contributed by atoms with Crippen molar-refractivity contribution in [1.29, 1.82) is 0 Å². The van der Waals surface area contributed by atoms with E-state index in [-0.39, 0.29) is 19.8 Å². The minimum absolute atomic E-state index is 0. The monoisotopic (exact) mass is 218 g/mol. The minimum atomic E-state index is -10.5. The average Bonchev–Trinajstić information content (AvgIpc) is 0.592. The van der Waals surface area contributed by atoms with Gasteiger partial charge in [0, 0.05) is 0 Å². The fourth-order valence-corrected chi connectivity index (χ4v) is 0. The Labute approximate surface area is 54.3 Å². The van der Waals surface area contributed by atoms with Crippen molar-refractivity contribution in [2.24, 2.45) is 0 Å². The zero-order chi connectivity index (χ0) is 6.41. The van der Waals surface area contributed by atoms with Gasteiger partial charge in [0.15, 0.2) is 0 Å². The van der Waals surface area contributed by atoms with Gasteiger partial charge < -0.3 is 0 Å². The zero-order valence-corrected chi connectivity index (χ0v) is 3.49. The molecule has 0 radical (unpaired) electrons. The molecule has 8 heteroatoms. The second-order valence-corrected chi connectivity index (χ2v) is 2.62. The molecule has 0 saturated heterocycles. The first-order chi connectivity index (χ1) is 2.45. The van der Waals surface area contributed by atoms with Crippen molar-refractivity contribution in [3.05, 3.63) is 0 Å². The van der Waals surface area contributed by atoms with Crippen LogP contribution in [-0.4, -0.2) is 19.8 Å². The third kappa shape index (κ3) is 634. The van der Waals surface area contributed by atoms with Gasteiger partial charge in [-0.05, 0) is 0 Å².